The molecule has 3 rings (SSSR count). The fraction of sp³-hybridized carbons (Fsp3) is 0.400. The van der Waals surface area contributed by atoms with Crippen molar-refractivity contribution in [2.75, 3.05) is 20.3 Å². The van der Waals surface area contributed by atoms with E-state index in [0.717, 1.165) is 18.5 Å². The number of Topliss-reactive ketones (excluding diaryl/α,β-unsaturated/α-hetero) is 1. The Morgan fingerprint density at radius 1 is 1.31 bits per heavy atom. The van der Waals surface area contributed by atoms with Crippen LogP contribution < -0.4 is 5.32 Å². The van der Waals surface area contributed by atoms with Crippen LogP contribution in [0.3, 0.4) is 0 Å². The first kappa shape index (κ1) is 18.3. The molecule has 1 heterocycles. The van der Waals surface area contributed by atoms with Gasteiger partial charge in [-0.25, -0.2) is 9.18 Å². The van der Waals surface area contributed by atoms with E-state index >= 15 is 0 Å². The fourth-order valence-electron chi connectivity index (χ4n) is 3.57. The zero-order valence-corrected chi connectivity index (χ0v) is 14.9. The highest BCUT2D eigenvalue weighted by atomic mass is 19.1. The molecule has 1 aromatic rings. The molecule has 0 aromatic heterocycles. The number of halogens is 1. The van der Waals surface area contributed by atoms with Crippen molar-refractivity contribution >= 4 is 11.8 Å². The monoisotopic (exact) mass is 359 g/mol. The van der Waals surface area contributed by atoms with Crippen LogP contribution >= 0.6 is 0 Å². The topological polar surface area (TPSA) is 64.6 Å². The van der Waals surface area contributed by atoms with E-state index < -0.39 is 17.7 Å². The molecule has 0 amide bonds. The highest BCUT2D eigenvalue weighted by Crippen LogP contribution is 2.42. The second kappa shape index (κ2) is 7.83. The van der Waals surface area contributed by atoms with Crippen LogP contribution in [0.25, 0.3) is 0 Å². The first-order valence-corrected chi connectivity index (χ1v) is 8.68. The lowest BCUT2D eigenvalue weighted by molar-refractivity contribution is -0.140. The SMILES string of the molecule is COCCOC(=O)C1=C(C)NC2=C(C(=O)CCC2)[C@H]1c1cccc(F)c1. The molecule has 0 saturated heterocycles. The highest BCUT2D eigenvalue weighted by molar-refractivity contribution is 6.03. The largest absolute Gasteiger partial charge is 0.460 e. The average Bonchev–Trinajstić information content (AvgIpc) is 2.61. The van der Waals surface area contributed by atoms with Gasteiger partial charge in [0.05, 0.1) is 12.2 Å². The van der Waals surface area contributed by atoms with Crippen LogP contribution in [0.4, 0.5) is 4.39 Å². The van der Waals surface area contributed by atoms with Crippen molar-refractivity contribution in [2.24, 2.45) is 0 Å². The molecule has 1 aliphatic carbocycles. The normalized spacial score (nSPS) is 20.0. The van der Waals surface area contributed by atoms with E-state index in [4.69, 9.17) is 9.47 Å². The third kappa shape index (κ3) is 3.55. The van der Waals surface area contributed by atoms with E-state index in [9.17, 15) is 14.0 Å². The van der Waals surface area contributed by atoms with E-state index in [-0.39, 0.29) is 19.0 Å². The maximum atomic E-state index is 13.9. The van der Waals surface area contributed by atoms with Gasteiger partial charge >= 0.3 is 5.97 Å². The lowest BCUT2D eigenvalue weighted by atomic mass is 9.75. The molecule has 26 heavy (non-hydrogen) atoms. The first-order valence-electron chi connectivity index (χ1n) is 8.68. The summed E-state index contributed by atoms with van der Waals surface area (Å²) < 4.78 is 24.1. The maximum absolute atomic E-state index is 13.9. The van der Waals surface area contributed by atoms with Gasteiger partial charge in [-0.05, 0) is 37.5 Å². The molecule has 1 aliphatic heterocycles. The molecule has 0 unspecified atom stereocenters. The summed E-state index contributed by atoms with van der Waals surface area (Å²) in [6, 6.07) is 6.04. The van der Waals surface area contributed by atoms with Crippen molar-refractivity contribution in [2.45, 2.75) is 32.1 Å². The summed E-state index contributed by atoms with van der Waals surface area (Å²) in [6.45, 7) is 2.17. The summed E-state index contributed by atoms with van der Waals surface area (Å²) in [5.41, 5.74) is 2.93. The van der Waals surface area contributed by atoms with Gasteiger partial charge in [0.2, 0.25) is 0 Å². The smallest absolute Gasteiger partial charge is 0.336 e. The summed E-state index contributed by atoms with van der Waals surface area (Å²) in [5, 5.41) is 3.20. The molecule has 1 aromatic carbocycles. The van der Waals surface area contributed by atoms with E-state index in [1.165, 1.54) is 19.2 Å². The molecule has 6 heteroatoms. The molecule has 138 valence electrons. The molecule has 5 nitrogen and oxygen atoms in total. The fourth-order valence-corrected chi connectivity index (χ4v) is 3.57. The molecule has 0 fully saturated rings. The minimum Gasteiger partial charge on any atom is -0.460 e. The number of hydrogen-bond acceptors (Lipinski definition) is 5. The zero-order valence-electron chi connectivity index (χ0n) is 14.9. The Hall–Kier alpha value is -2.47. The van der Waals surface area contributed by atoms with Gasteiger partial charge < -0.3 is 14.8 Å². The molecule has 1 N–H and O–H groups in total. The molecule has 1 atom stereocenters. The lowest BCUT2D eigenvalue weighted by Gasteiger charge is -2.34. The van der Waals surface area contributed by atoms with E-state index in [1.807, 2.05) is 0 Å². The van der Waals surface area contributed by atoms with Gasteiger partial charge in [0.1, 0.15) is 12.4 Å². The van der Waals surface area contributed by atoms with Crippen LogP contribution in [0.5, 0.6) is 0 Å². The zero-order chi connectivity index (χ0) is 18.7. The second-order valence-corrected chi connectivity index (χ2v) is 6.45. The Labute approximate surface area is 151 Å². The number of allylic oxidation sites excluding steroid dienone is 3. The van der Waals surface area contributed by atoms with Crippen LogP contribution in [0.1, 0.15) is 37.7 Å². The second-order valence-electron chi connectivity index (χ2n) is 6.45. The first-order chi connectivity index (χ1) is 12.5. The van der Waals surface area contributed by atoms with Crippen LogP contribution in [0, 0.1) is 5.82 Å². The quantitative estimate of drug-likeness (QED) is 0.647. The Bertz CT molecular complexity index is 797. The average molecular weight is 359 g/mol. The molecule has 0 radical (unpaired) electrons. The predicted octanol–water partition coefficient (Wildman–Crippen LogP) is 2.98. The Kier molecular flexibility index (Phi) is 5.52. The Balaban J connectivity index is 2.06. The number of ketones is 1. The number of hydrogen-bond donors (Lipinski definition) is 1. The number of dihydropyridines is 1. The molecule has 0 bridgehead atoms. The number of methoxy groups -OCH3 is 1. The predicted molar refractivity (Wildman–Crippen MR) is 93.7 cm³/mol. The minimum atomic E-state index is -0.621. The number of nitrogens with one attached hydrogen (secondary N) is 1. The van der Waals surface area contributed by atoms with Crippen molar-refractivity contribution in [1.82, 2.24) is 5.32 Å². The third-order valence-electron chi connectivity index (χ3n) is 4.70. The van der Waals surface area contributed by atoms with Crippen LogP contribution in [-0.4, -0.2) is 32.1 Å². The standard InChI is InChI=1S/C20H22FNO4/c1-12-17(20(24)26-10-9-25-2)18(13-5-3-6-14(21)11-13)19-15(22-12)7-4-8-16(19)23/h3,5-6,11,18,22H,4,7-10H2,1-2H3/t18-/m0/s1. The van der Waals surface area contributed by atoms with Gasteiger partial charge in [0.25, 0.3) is 0 Å². The van der Waals surface area contributed by atoms with Crippen molar-refractivity contribution in [1.29, 1.82) is 0 Å². The molecular formula is C20H22FNO4. The van der Waals surface area contributed by atoms with E-state index in [1.54, 1.807) is 19.1 Å². The summed E-state index contributed by atoms with van der Waals surface area (Å²) >= 11 is 0. The maximum Gasteiger partial charge on any atom is 0.336 e. The molecule has 0 spiro atoms. The van der Waals surface area contributed by atoms with E-state index in [2.05, 4.69) is 5.32 Å². The van der Waals surface area contributed by atoms with Gasteiger partial charge in [-0.2, -0.15) is 0 Å². The van der Waals surface area contributed by atoms with Gasteiger partial charge in [-0.3, -0.25) is 4.79 Å². The van der Waals surface area contributed by atoms with Crippen LogP contribution in [-0.2, 0) is 19.1 Å². The summed E-state index contributed by atoms with van der Waals surface area (Å²) in [5.74, 6) is -1.56. The van der Waals surface area contributed by atoms with Gasteiger partial charge in [0.15, 0.2) is 5.78 Å². The molecule has 0 saturated carbocycles. The lowest BCUT2D eigenvalue weighted by Crippen LogP contribution is -2.34. The Morgan fingerprint density at radius 2 is 2.12 bits per heavy atom. The number of carbonyl (C=O) groups is 2. The number of ether oxygens (including phenoxy) is 2. The number of rotatable bonds is 5. The van der Waals surface area contributed by atoms with Crippen LogP contribution in [0.15, 0.2) is 46.8 Å². The summed E-state index contributed by atoms with van der Waals surface area (Å²) in [7, 11) is 1.52. The Morgan fingerprint density at radius 3 is 2.85 bits per heavy atom. The molecule has 2 aliphatic rings. The minimum absolute atomic E-state index is 0.0114. The van der Waals surface area contributed by atoms with Gasteiger partial charge in [0, 0.05) is 36.4 Å². The third-order valence-corrected chi connectivity index (χ3v) is 4.70. The van der Waals surface area contributed by atoms with Gasteiger partial charge in [-0.15, -0.1) is 0 Å². The molecular weight excluding hydrogens is 337 g/mol. The van der Waals surface area contributed by atoms with E-state index in [0.29, 0.717) is 28.8 Å². The number of benzene rings is 1. The number of carbonyl (C=O) groups excluding carboxylic acids is 2. The van der Waals surface area contributed by atoms with Gasteiger partial charge in [-0.1, -0.05) is 12.1 Å². The summed E-state index contributed by atoms with van der Waals surface area (Å²) in [6.07, 6.45) is 1.93. The van der Waals surface area contributed by atoms with Crippen molar-refractivity contribution in [3.05, 3.63) is 58.2 Å². The summed E-state index contributed by atoms with van der Waals surface area (Å²) in [4.78, 5) is 25.4. The van der Waals surface area contributed by atoms with Crippen molar-refractivity contribution in [3.63, 3.8) is 0 Å². The number of esters is 1. The van der Waals surface area contributed by atoms with Crippen molar-refractivity contribution in [3.8, 4) is 0 Å². The van der Waals surface area contributed by atoms with Crippen molar-refractivity contribution < 1.29 is 23.5 Å². The highest BCUT2D eigenvalue weighted by Gasteiger charge is 2.39. The van der Waals surface area contributed by atoms with Crippen LogP contribution in [0.2, 0.25) is 0 Å².